The zero-order valence-electron chi connectivity index (χ0n) is 13.1. The minimum Gasteiger partial charge on any atom is -0.459 e. The number of carbonyl (C=O) groups excluding carboxylic acids is 1. The maximum atomic E-state index is 11.5. The van der Waals surface area contributed by atoms with Crippen molar-refractivity contribution in [3.05, 3.63) is 0 Å². The first-order chi connectivity index (χ1) is 8.72. The fraction of sp³-hybridized carbons (Fsp3) is 0.941. The molecule has 0 radical (unpaired) electrons. The zero-order chi connectivity index (χ0) is 14.1. The van der Waals surface area contributed by atoms with Gasteiger partial charge in [0.1, 0.15) is 5.60 Å². The number of hydrogen-bond donors (Lipinski definition) is 0. The normalized spacial score (nSPS) is 50.9. The molecule has 0 aromatic heterocycles. The second kappa shape index (κ2) is 3.77. The molecule has 0 heterocycles. The highest BCUT2D eigenvalue weighted by molar-refractivity contribution is 5.66. The fourth-order valence-corrected chi connectivity index (χ4v) is 6.31. The second-order valence-corrected chi connectivity index (χ2v) is 8.25. The first-order valence-corrected chi connectivity index (χ1v) is 7.92. The van der Waals surface area contributed by atoms with Crippen LogP contribution in [0.1, 0.15) is 66.7 Å². The zero-order valence-corrected chi connectivity index (χ0v) is 13.1. The van der Waals surface area contributed by atoms with E-state index in [-0.39, 0.29) is 11.6 Å². The fourth-order valence-electron chi connectivity index (χ4n) is 6.31. The Morgan fingerprint density at radius 1 is 1.11 bits per heavy atom. The van der Waals surface area contributed by atoms with Gasteiger partial charge >= 0.3 is 5.97 Å². The minimum absolute atomic E-state index is 0.112. The molecule has 19 heavy (non-hydrogen) atoms. The van der Waals surface area contributed by atoms with Crippen molar-refractivity contribution in [3.63, 3.8) is 0 Å². The van der Waals surface area contributed by atoms with Crippen molar-refractivity contribution >= 4 is 5.97 Å². The van der Waals surface area contributed by atoms with E-state index in [0.717, 1.165) is 18.3 Å². The van der Waals surface area contributed by atoms with Crippen molar-refractivity contribution in [1.29, 1.82) is 0 Å². The quantitative estimate of drug-likeness (QED) is 0.664. The van der Waals surface area contributed by atoms with Gasteiger partial charge in [0.15, 0.2) is 0 Å². The lowest BCUT2D eigenvalue weighted by molar-refractivity contribution is -0.171. The molecule has 3 aliphatic carbocycles. The van der Waals surface area contributed by atoms with Crippen LogP contribution in [-0.2, 0) is 9.53 Å². The molecule has 2 heteroatoms. The van der Waals surface area contributed by atoms with Crippen LogP contribution in [0.15, 0.2) is 0 Å². The highest BCUT2D eigenvalue weighted by Gasteiger charge is 2.68. The van der Waals surface area contributed by atoms with Crippen LogP contribution in [0.4, 0.5) is 0 Å². The van der Waals surface area contributed by atoms with Crippen molar-refractivity contribution in [2.24, 2.45) is 28.6 Å². The van der Waals surface area contributed by atoms with Crippen LogP contribution in [0.25, 0.3) is 0 Å². The van der Waals surface area contributed by atoms with Crippen molar-refractivity contribution in [1.82, 2.24) is 0 Å². The molecule has 3 rings (SSSR count). The van der Waals surface area contributed by atoms with Crippen LogP contribution in [0.3, 0.4) is 0 Å². The van der Waals surface area contributed by atoms with Gasteiger partial charge in [0.2, 0.25) is 0 Å². The molecule has 2 bridgehead atoms. The van der Waals surface area contributed by atoms with Gasteiger partial charge in [0, 0.05) is 12.8 Å². The van der Waals surface area contributed by atoms with E-state index in [4.69, 9.17) is 4.74 Å². The maximum absolute atomic E-state index is 11.5. The molecule has 0 saturated heterocycles. The Balaban J connectivity index is 1.99. The third-order valence-corrected chi connectivity index (χ3v) is 7.15. The standard InChI is InChI=1S/C17H28O2/c1-11-6-7-13-15(3,4)14-10-17(11,13)9-8-16(14,5)19-12(2)18/h11,13-14H,6-10H2,1-5H3/t11-,13-,14+,16-,17+/m1/s1. The molecular weight excluding hydrogens is 236 g/mol. The third kappa shape index (κ3) is 1.58. The Morgan fingerprint density at radius 3 is 2.42 bits per heavy atom. The summed E-state index contributed by atoms with van der Waals surface area (Å²) in [5.74, 6) is 2.10. The van der Waals surface area contributed by atoms with E-state index in [1.54, 1.807) is 6.92 Å². The predicted octanol–water partition coefficient (Wildman–Crippen LogP) is 4.18. The Kier molecular flexibility index (Phi) is 2.67. The van der Waals surface area contributed by atoms with Gasteiger partial charge in [-0.25, -0.2) is 0 Å². The van der Waals surface area contributed by atoms with E-state index >= 15 is 0 Å². The smallest absolute Gasteiger partial charge is 0.303 e. The second-order valence-electron chi connectivity index (χ2n) is 8.25. The summed E-state index contributed by atoms with van der Waals surface area (Å²) in [4.78, 5) is 11.5. The van der Waals surface area contributed by atoms with Crippen LogP contribution >= 0.6 is 0 Å². The van der Waals surface area contributed by atoms with E-state index in [1.807, 2.05) is 0 Å². The summed E-state index contributed by atoms with van der Waals surface area (Å²) in [6.07, 6.45) is 6.35. The number of rotatable bonds is 1. The summed E-state index contributed by atoms with van der Waals surface area (Å²) in [5, 5.41) is 0. The average molecular weight is 264 g/mol. The molecular formula is C17H28O2. The van der Waals surface area contributed by atoms with Crippen molar-refractivity contribution in [2.75, 3.05) is 0 Å². The van der Waals surface area contributed by atoms with Crippen molar-refractivity contribution in [2.45, 2.75) is 72.3 Å². The Labute approximate surface area is 117 Å². The number of esters is 1. The van der Waals surface area contributed by atoms with Gasteiger partial charge in [0.05, 0.1) is 0 Å². The molecule has 5 atom stereocenters. The molecule has 0 amide bonds. The molecule has 108 valence electrons. The first kappa shape index (κ1) is 13.5. The van der Waals surface area contributed by atoms with Gasteiger partial charge < -0.3 is 4.74 Å². The summed E-state index contributed by atoms with van der Waals surface area (Å²) >= 11 is 0. The SMILES string of the molecule is CC(=O)O[C@]1(C)CC[C@@]23C[C@H]1C(C)(C)[C@H]2CC[C@H]3C. The van der Waals surface area contributed by atoms with Crippen LogP contribution in [0, 0.1) is 28.6 Å². The van der Waals surface area contributed by atoms with Gasteiger partial charge in [0.25, 0.3) is 0 Å². The minimum atomic E-state index is -0.232. The number of fused-ring (bicyclic) bond motifs is 1. The first-order valence-electron chi connectivity index (χ1n) is 7.92. The van der Waals surface area contributed by atoms with Crippen LogP contribution < -0.4 is 0 Å². The molecule has 0 unspecified atom stereocenters. The lowest BCUT2D eigenvalue weighted by atomic mass is 9.64. The maximum Gasteiger partial charge on any atom is 0.303 e. The summed E-state index contributed by atoms with van der Waals surface area (Å²) in [6.45, 7) is 11.0. The van der Waals surface area contributed by atoms with Gasteiger partial charge in [-0.1, -0.05) is 20.8 Å². The number of hydrogen-bond acceptors (Lipinski definition) is 2. The van der Waals surface area contributed by atoms with Crippen molar-refractivity contribution in [3.8, 4) is 0 Å². The molecule has 3 fully saturated rings. The van der Waals surface area contributed by atoms with E-state index in [0.29, 0.717) is 16.7 Å². The summed E-state index contributed by atoms with van der Waals surface area (Å²) < 4.78 is 5.80. The Hall–Kier alpha value is -0.530. The molecule has 0 aromatic rings. The monoisotopic (exact) mass is 264 g/mol. The topological polar surface area (TPSA) is 26.3 Å². The predicted molar refractivity (Wildman–Crippen MR) is 75.6 cm³/mol. The van der Waals surface area contributed by atoms with Gasteiger partial charge in [-0.05, 0) is 61.7 Å². The lowest BCUT2D eigenvalue weighted by Gasteiger charge is -2.46. The van der Waals surface area contributed by atoms with Crippen molar-refractivity contribution < 1.29 is 9.53 Å². The molecule has 0 N–H and O–H groups in total. The summed E-state index contributed by atoms with van der Waals surface area (Å²) in [7, 11) is 0. The van der Waals surface area contributed by atoms with E-state index in [1.165, 1.54) is 25.7 Å². The summed E-state index contributed by atoms with van der Waals surface area (Å²) in [6, 6.07) is 0. The number of ether oxygens (including phenoxy) is 1. The van der Waals surface area contributed by atoms with Crippen LogP contribution in [0.2, 0.25) is 0 Å². The molecule has 0 aliphatic heterocycles. The number of carbonyl (C=O) groups is 1. The highest BCUT2D eigenvalue weighted by atomic mass is 16.6. The molecule has 0 aromatic carbocycles. The van der Waals surface area contributed by atoms with Gasteiger partial charge in [-0.2, -0.15) is 0 Å². The third-order valence-electron chi connectivity index (χ3n) is 7.15. The van der Waals surface area contributed by atoms with E-state index < -0.39 is 0 Å². The van der Waals surface area contributed by atoms with Crippen LogP contribution in [0.5, 0.6) is 0 Å². The van der Waals surface area contributed by atoms with Gasteiger partial charge in [-0.15, -0.1) is 0 Å². The van der Waals surface area contributed by atoms with Crippen LogP contribution in [-0.4, -0.2) is 11.6 Å². The molecule has 3 saturated carbocycles. The average Bonchev–Trinajstić information content (AvgIpc) is 2.69. The summed E-state index contributed by atoms with van der Waals surface area (Å²) in [5.41, 5.74) is 0.629. The Bertz CT molecular complexity index is 413. The molecule has 3 aliphatic rings. The largest absolute Gasteiger partial charge is 0.459 e. The lowest BCUT2D eigenvalue weighted by Crippen LogP contribution is -2.47. The molecule has 1 spiro atoms. The van der Waals surface area contributed by atoms with E-state index in [9.17, 15) is 4.79 Å². The van der Waals surface area contributed by atoms with E-state index in [2.05, 4.69) is 27.7 Å². The highest BCUT2D eigenvalue weighted by Crippen LogP contribution is 2.73. The Morgan fingerprint density at radius 2 is 1.79 bits per heavy atom. The van der Waals surface area contributed by atoms with Gasteiger partial charge in [-0.3, -0.25) is 4.79 Å². The molecule has 2 nitrogen and oxygen atoms in total.